The molecule has 0 unspecified atom stereocenters. The number of likely N-dealkylation sites (tertiary alicyclic amines) is 1. The molecule has 1 fully saturated rings. The van der Waals surface area contributed by atoms with E-state index in [4.69, 9.17) is 4.74 Å². The molecule has 3 aromatic rings. The molecule has 0 radical (unpaired) electrons. The average Bonchev–Trinajstić information content (AvgIpc) is 3.34. The van der Waals surface area contributed by atoms with E-state index >= 15 is 0 Å². The van der Waals surface area contributed by atoms with Crippen molar-refractivity contribution in [3.8, 4) is 5.75 Å². The molecule has 25 heavy (non-hydrogen) atoms. The van der Waals surface area contributed by atoms with Crippen LogP contribution in [0, 0.1) is 0 Å². The molecule has 0 saturated carbocycles. The minimum Gasteiger partial charge on any atom is -0.497 e. The predicted octanol–water partition coefficient (Wildman–Crippen LogP) is 2.53. The molecule has 3 heterocycles. The number of aromatic nitrogens is 2. The van der Waals surface area contributed by atoms with E-state index in [0.29, 0.717) is 6.04 Å². The minimum absolute atomic E-state index is 0.414. The van der Waals surface area contributed by atoms with Crippen molar-refractivity contribution >= 4 is 27.4 Å². The first kappa shape index (κ1) is 16.3. The smallest absolute Gasteiger partial charge is 0.138 e. The largest absolute Gasteiger partial charge is 0.497 e. The molecule has 1 aliphatic rings. The van der Waals surface area contributed by atoms with Gasteiger partial charge in [0.25, 0.3) is 0 Å². The molecule has 4 rings (SSSR count). The monoisotopic (exact) mass is 355 g/mol. The lowest BCUT2D eigenvalue weighted by Gasteiger charge is -2.25. The Morgan fingerprint density at radius 1 is 1.16 bits per heavy atom. The van der Waals surface area contributed by atoms with Crippen molar-refractivity contribution < 1.29 is 9.64 Å². The van der Waals surface area contributed by atoms with Crippen molar-refractivity contribution in [3.05, 3.63) is 47.6 Å². The molecular formula is C19H23N4OS+. The number of fused-ring (bicyclic) bond motifs is 1. The maximum atomic E-state index is 5.30. The van der Waals surface area contributed by atoms with Gasteiger partial charge >= 0.3 is 0 Å². The van der Waals surface area contributed by atoms with Gasteiger partial charge in [-0.1, -0.05) is 0 Å². The fraction of sp³-hybridized carbons (Fsp3) is 0.368. The van der Waals surface area contributed by atoms with Gasteiger partial charge in [-0.15, -0.1) is 11.3 Å². The normalized spacial score (nSPS) is 16.2. The van der Waals surface area contributed by atoms with Gasteiger partial charge in [-0.2, -0.15) is 0 Å². The highest BCUT2D eigenvalue weighted by Crippen LogP contribution is 2.24. The van der Waals surface area contributed by atoms with E-state index in [0.717, 1.165) is 28.3 Å². The summed E-state index contributed by atoms with van der Waals surface area (Å²) in [6.07, 6.45) is 4.26. The van der Waals surface area contributed by atoms with Gasteiger partial charge in [0, 0.05) is 18.4 Å². The first-order valence-electron chi connectivity index (χ1n) is 8.76. The standard InChI is InChI=1S/C19H22N4OS/c1-24-15-6-4-14(5-7-15)17(23-9-2-3-10-23)12-20-18-16-8-11-25-19(16)22-13-21-18/h4-8,11,13,17H,2-3,9-10,12H2,1H3,(H,20,21,22)/p+1/t17-/m1/s1. The summed E-state index contributed by atoms with van der Waals surface area (Å²) < 4.78 is 5.30. The Labute approximate surface area is 151 Å². The number of benzene rings is 1. The van der Waals surface area contributed by atoms with Crippen LogP contribution in [-0.4, -0.2) is 36.7 Å². The van der Waals surface area contributed by atoms with E-state index in [9.17, 15) is 0 Å². The van der Waals surface area contributed by atoms with E-state index in [-0.39, 0.29) is 0 Å². The Hall–Kier alpha value is -2.18. The predicted molar refractivity (Wildman–Crippen MR) is 102 cm³/mol. The Morgan fingerprint density at radius 2 is 1.96 bits per heavy atom. The number of quaternary nitrogens is 1. The summed E-state index contributed by atoms with van der Waals surface area (Å²) in [6, 6.07) is 11.0. The Kier molecular flexibility index (Phi) is 4.81. The van der Waals surface area contributed by atoms with Crippen molar-refractivity contribution in [3.63, 3.8) is 0 Å². The Balaban J connectivity index is 1.56. The molecule has 6 heteroatoms. The van der Waals surface area contributed by atoms with E-state index in [1.165, 1.54) is 31.5 Å². The molecule has 5 nitrogen and oxygen atoms in total. The maximum Gasteiger partial charge on any atom is 0.138 e. The maximum absolute atomic E-state index is 5.30. The number of hydrogen-bond donors (Lipinski definition) is 2. The van der Waals surface area contributed by atoms with E-state index in [1.54, 1.807) is 29.7 Å². The van der Waals surface area contributed by atoms with Gasteiger partial charge < -0.3 is 15.0 Å². The second kappa shape index (κ2) is 7.37. The molecule has 0 aliphatic carbocycles. The summed E-state index contributed by atoms with van der Waals surface area (Å²) in [4.78, 5) is 11.5. The molecule has 130 valence electrons. The van der Waals surface area contributed by atoms with Crippen LogP contribution in [-0.2, 0) is 0 Å². The summed E-state index contributed by atoms with van der Waals surface area (Å²) in [5.41, 5.74) is 1.35. The summed E-state index contributed by atoms with van der Waals surface area (Å²) in [5.74, 6) is 1.84. The van der Waals surface area contributed by atoms with Gasteiger partial charge in [0.05, 0.1) is 32.1 Å². The molecular weight excluding hydrogens is 332 g/mol. The van der Waals surface area contributed by atoms with E-state index in [1.807, 2.05) is 0 Å². The SMILES string of the molecule is COc1ccc([C@@H](CNc2ncnc3sccc23)[NH+]2CCCC2)cc1. The number of thiophene rings is 1. The number of methoxy groups -OCH3 is 1. The lowest BCUT2D eigenvalue weighted by atomic mass is 10.1. The zero-order valence-corrected chi connectivity index (χ0v) is 15.2. The van der Waals surface area contributed by atoms with Crippen LogP contribution >= 0.6 is 11.3 Å². The number of rotatable bonds is 6. The van der Waals surface area contributed by atoms with Gasteiger partial charge in [0.1, 0.15) is 28.8 Å². The van der Waals surface area contributed by atoms with Crippen molar-refractivity contribution in [2.75, 3.05) is 32.1 Å². The number of ether oxygens (including phenoxy) is 1. The fourth-order valence-electron chi connectivity index (χ4n) is 3.64. The van der Waals surface area contributed by atoms with Crippen LogP contribution in [0.5, 0.6) is 5.75 Å². The van der Waals surface area contributed by atoms with Crippen LogP contribution in [0.25, 0.3) is 10.2 Å². The quantitative estimate of drug-likeness (QED) is 0.713. The zero-order chi connectivity index (χ0) is 17.1. The van der Waals surface area contributed by atoms with Crippen LogP contribution in [0.3, 0.4) is 0 Å². The molecule has 2 aromatic heterocycles. The van der Waals surface area contributed by atoms with Crippen molar-refractivity contribution in [1.82, 2.24) is 9.97 Å². The topological polar surface area (TPSA) is 51.5 Å². The van der Waals surface area contributed by atoms with Gasteiger partial charge in [0.2, 0.25) is 0 Å². The summed E-state index contributed by atoms with van der Waals surface area (Å²) in [7, 11) is 1.71. The minimum atomic E-state index is 0.414. The van der Waals surface area contributed by atoms with Crippen LogP contribution in [0.15, 0.2) is 42.0 Å². The third-order valence-corrected chi connectivity index (χ3v) is 5.81. The molecule has 0 spiro atoms. The second-order valence-electron chi connectivity index (χ2n) is 6.43. The Bertz CT molecular complexity index is 827. The summed E-state index contributed by atoms with van der Waals surface area (Å²) in [5, 5.41) is 6.76. The summed E-state index contributed by atoms with van der Waals surface area (Å²) >= 11 is 1.65. The second-order valence-corrected chi connectivity index (χ2v) is 7.33. The van der Waals surface area contributed by atoms with Crippen LogP contribution in [0.4, 0.5) is 5.82 Å². The van der Waals surface area contributed by atoms with Gasteiger partial charge in [0.15, 0.2) is 0 Å². The number of hydrogen-bond acceptors (Lipinski definition) is 5. The van der Waals surface area contributed by atoms with Crippen molar-refractivity contribution in [1.29, 1.82) is 0 Å². The molecule has 1 saturated heterocycles. The Morgan fingerprint density at radius 3 is 2.72 bits per heavy atom. The number of anilines is 1. The highest BCUT2D eigenvalue weighted by atomic mass is 32.1. The molecule has 1 aliphatic heterocycles. The third-order valence-electron chi connectivity index (χ3n) is 4.99. The van der Waals surface area contributed by atoms with Crippen LogP contribution < -0.4 is 15.0 Å². The van der Waals surface area contributed by atoms with E-state index < -0.39 is 0 Å². The molecule has 1 aromatic carbocycles. The third kappa shape index (κ3) is 3.45. The van der Waals surface area contributed by atoms with Crippen LogP contribution in [0.1, 0.15) is 24.4 Å². The fourth-order valence-corrected chi connectivity index (χ4v) is 4.37. The number of nitrogens with zero attached hydrogens (tertiary/aromatic N) is 2. The molecule has 1 atom stereocenters. The average molecular weight is 355 g/mol. The molecule has 0 amide bonds. The van der Waals surface area contributed by atoms with Gasteiger partial charge in [-0.05, 0) is 35.7 Å². The lowest BCUT2D eigenvalue weighted by molar-refractivity contribution is -0.917. The van der Waals surface area contributed by atoms with Gasteiger partial charge in [-0.25, -0.2) is 9.97 Å². The number of nitrogens with one attached hydrogen (secondary N) is 2. The van der Waals surface area contributed by atoms with Crippen molar-refractivity contribution in [2.24, 2.45) is 0 Å². The first-order valence-corrected chi connectivity index (χ1v) is 9.64. The highest BCUT2D eigenvalue weighted by molar-refractivity contribution is 7.16. The lowest BCUT2D eigenvalue weighted by Crippen LogP contribution is -3.11. The molecule has 2 N–H and O–H groups in total. The molecule has 0 bridgehead atoms. The van der Waals surface area contributed by atoms with Crippen molar-refractivity contribution in [2.45, 2.75) is 18.9 Å². The zero-order valence-electron chi connectivity index (χ0n) is 14.4. The summed E-state index contributed by atoms with van der Waals surface area (Å²) in [6.45, 7) is 3.33. The highest BCUT2D eigenvalue weighted by Gasteiger charge is 2.27. The van der Waals surface area contributed by atoms with Crippen LogP contribution in [0.2, 0.25) is 0 Å². The first-order chi connectivity index (χ1) is 12.3. The van der Waals surface area contributed by atoms with Gasteiger partial charge in [-0.3, -0.25) is 0 Å². The van der Waals surface area contributed by atoms with E-state index in [2.05, 4.69) is 51.0 Å².